The first-order valence-corrected chi connectivity index (χ1v) is 7.65. The third-order valence-electron chi connectivity index (χ3n) is 3.39. The lowest BCUT2D eigenvalue weighted by Crippen LogP contribution is -2.19. The second kappa shape index (κ2) is 7.43. The summed E-state index contributed by atoms with van der Waals surface area (Å²) >= 11 is 5.92. The minimum Gasteiger partial charge on any atom is -0.355 e. The minimum absolute atomic E-state index is 0.543. The minimum atomic E-state index is 0.543. The van der Waals surface area contributed by atoms with E-state index in [0.717, 1.165) is 41.5 Å². The molecule has 0 aliphatic heterocycles. The largest absolute Gasteiger partial charge is 0.355 e. The van der Waals surface area contributed by atoms with E-state index in [-0.39, 0.29) is 0 Å². The fourth-order valence-electron chi connectivity index (χ4n) is 2.28. The normalized spacial score (nSPS) is 10.7. The van der Waals surface area contributed by atoms with E-state index in [1.807, 2.05) is 31.3 Å². The number of anilines is 1. The van der Waals surface area contributed by atoms with Gasteiger partial charge >= 0.3 is 0 Å². The van der Waals surface area contributed by atoms with Crippen molar-refractivity contribution in [2.24, 2.45) is 5.73 Å². The van der Waals surface area contributed by atoms with Gasteiger partial charge in [0, 0.05) is 30.9 Å². The third kappa shape index (κ3) is 4.45. The van der Waals surface area contributed by atoms with E-state index in [2.05, 4.69) is 24.0 Å². The van der Waals surface area contributed by atoms with E-state index in [0.29, 0.717) is 6.54 Å². The Bertz CT molecular complexity index is 581. The number of nitrogens with two attached hydrogens (primary N) is 1. The second-order valence-corrected chi connectivity index (χ2v) is 5.70. The number of aryl methyl sites for hydroxylation is 1. The second-order valence-electron chi connectivity index (χ2n) is 5.26. The number of hydrogen-bond acceptors (Lipinski definition) is 3. The van der Waals surface area contributed by atoms with Crippen molar-refractivity contribution in [3.05, 3.63) is 58.2 Å². The van der Waals surface area contributed by atoms with E-state index >= 15 is 0 Å². The predicted molar refractivity (Wildman–Crippen MR) is 89.7 cm³/mol. The number of hydrogen-bond donors (Lipinski definition) is 1. The van der Waals surface area contributed by atoms with Gasteiger partial charge in [-0.2, -0.15) is 0 Å². The first-order valence-electron chi connectivity index (χ1n) is 7.28. The van der Waals surface area contributed by atoms with Gasteiger partial charge in [0.2, 0.25) is 0 Å². The summed E-state index contributed by atoms with van der Waals surface area (Å²) in [4.78, 5) is 6.87. The Kier molecular flexibility index (Phi) is 5.59. The van der Waals surface area contributed by atoms with E-state index in [9.17, 15) is 0 Å². The highest BCUT2D eigenvalue weighted by Gasteiger charge is 2.07. The lowest BCUT2D eigenvalue weighted by Gasteiger charge is -2.20. The van der Waals surface area contributed by atoms with Gasteiger partial charge in [0.1, 0.15) is 5.82 Å². The summed E-state index contributed by atoms with van der Waals surface area (Å²) in [5.74, 6) is 0.969. The Balaban J connectivity index is 2.19. The SMILES string of the molecule is CCCc1cc(CN)cc(N(C)Cc2ccc(Cl)cc2)n1. The van der Waals surface area contributed by atoms with Crippen LogP contribution in [-0.2, 0) is 19.5 Å². The van der Waals surface area contributed by atoms with Crippen molar-refractivity contribution in [2.75, 3.05) is 11.9 Å². The van der Waals surface area contributed by atoms with Crippen LogP contribution in [0.4, 0.5) is 5.82 Å². The van der Waals surface area contributed by atoms with Crippen LogP contribution < -0.4 is 10.6 Å². The van der Waals surface area contributed by atoms with Gasteiger partial charge in [-0.15, -0.1) is 0 Å². The van der Waals surface area contributed by atoms with Crippen molar-refractivity contribution in [3.8, 4) is 0 Å². The lowest BCUT2D eigenvalue weighted by atomic mass is 10.1. The van der Waals surface area contributed by atoms with Crippen molar-refractivity contribution in [3.63, 3.8) is 0 Å². The lowest BCUT2D eigenvalue weighted by molar-refractivity contribution is 0.842. The van der Waals surface area contributed by atoms with Gasteiger partial charge in [0.05, 0.1) is 0 Å². The maximum atomic E-state index is 5.92. The number of benzene rings is 1. The average molecular weight is 304 g/mol. The van der Waals surface area contributed by atoms with Crippen molar-refractivity contribution < 1.29 is 0 Å². The molecule has 1 aromatic heterocycles. The van der Waals surface area contributed by atoms with Crippen LogP contribution in [0, 0.1) is 0 Å². The van der Waals surface area contributed by atoms with Gasteiger partial charge in [0.25, 0.3) is 0 Å². The predicted octanol–water partition coefficient (Wildman–Crippen LogP) is 3.78. The Hall–Kier alpha value is -1.58. The first-order chi connectivity index (χ1) is 10.1. The molecule has 0 spiro atoms. The van der Waals surface area contributed by atoms with Gasteiger partial charge in [-0.05, 0) is 41.8 Å². The van der Waals surface area contributed by atoms with Gasteiger partial charge < -0.3 is 10.6 Å². The molecule has 2 N–H and O–H groups in total. The van der Waals surface area contributed by atoms with Crippen LogP contribution in [0.1, 0.15) is 30.2 Å². The van der Waals surface area contributed by atoms with E-state index in [1.54, 1.807) is 0 Å². The van der Waals surface area contributed by atoms with Crippen LogP contribution in [-0.4, -0.2) is 12.0 Å². The van der Waals surface area contributed by atoms with Gasteiger partial charge in [-0.3, -0.25) is 0 Å². The molecule has 0 aliphatic rings. The molecule has 2 rings (SSSR count). The van der Waals surface area contributed by atoms with Crippen LogP contribution >= 0.6 is 11.6 Å². The molecule has 1 aromatic carbocycles. The summed E-state index contributed by atoms with van der Waals surface area (Å²) in [6.45, 7) is 3.50. The van der Waals surface area contributed by atoms with Gasteiger partial charge in [-0.1, -0.05) is 37.1 Å². The summed E-state index contributed by atoms with van der Waals surface area (Å²) < 4.78 is 0. The number of halogens is 1. The summed E-state index contributed by atoms with van der Waals surface area (Å²) in [5, 5.41) is 0.759. The Labute approximate surface area is 131 Å². The topological polar surface area (TPSA) is 42.1 Å². The zero-order valence-electron chi connectivity index (χ0n) is 12.6. The van der Waals surface area contributed by atoms with E-state index < -0.39 is 0 Å². The molecule has 0 aliphatic carbocycles. The molecule has 0 saturated heterocycles. The fraction of sp³-hybridized carbons (Fsp3) is 0.353. The molecule has 0 amide bonds. The third-order valence-corrected chi connectivity index (χ3v) is 3.64. The van der Waals surface area contributed by atoms with Crippen molar-refractivity contribution in [1.82, 2.24) is 4.98 Å². The molecule has 0 bridgehead atoms. The quantitative estimate of drug-likeness (QED) is 0.883. The molecule has 4 heteroatoms. The Morgan fingerprint density at radius 1 is 1.14 bits per heavy atom. The smallest absolute Gasteiger partial charge is 0.129 e. The number of rotatable bonds is 6. The molecule has 2 aromatic rings. The van der Waals surface area contributed by atoms with Crippen LogP contribution in [0.2, 0.25) is 5.02 Å². The molecule has 1 heterocycles. The van der Waals surface area contributed by atoms with Crippen LogP contribution in [0.25, 0.3) is 0 Å². The molecular formula is C17H22ClN3. The molecule has 0 radical (unpaired) electrons. The maximum Gasteiger partial charge on any atom is 0.129 e. The number of nitrogens with zero attached hydrogens (tertiary/aromatic N) is 2. The Morgan fingerprint density at radius 2 is 1.86 bits per heavy atom. The maximum absolute atomic E-state index is 5.92. The highest BCUT2D eigenvalue weighted by Crippen LogP contribution is 2.18. The molecule has 21 heavy (non-hydrogen) atoms. The van der Waals surface area contributed by atoms with Gasteiger partial charge in [-0.25, -0.2) is 4.98 Å². The first kappa shape index (κ1) is 15.8. The molecule has 0 saturated carbocycles. The van der Waals surface area contributed by atoms with Crippen LogP contribution in [0.5, 0.6) is 0 Å². The molecule has 0 fully saturated rings. The number of aromatic nitrogens is 1. The average Bonchev–Trinajstić information content (AvgIpc) is 2.49. The van der Waals surface area contributed by atoms with Gasteiger partial charge in [0.15, 0.2) is 0 Å². The van der Waals surface area contributed by atoms with Crippen molar-refractivity contribution >= 4 is 17.4 Å². The summed E-state index contributed by atoms with van der Waals surface area (Å²) in [7, 11) is 2.05. The molecule has 112 valence electrons. The summed E-state index contributed by atoms with van der Waals surface area (Å²) in [6.07, 6.45) is 2.07. The molecule has 0 atom stereocenters. The molecular weight excluding hydrogens is 282 g/mol. The fourth-order valence-corrected chi connectivity index (χ4v) is 2.40. The Morgan fingerprint density at radius 3 is 2.48 bits per heavy atom. The summed E-state index contributed by atoms with van der Waals surface area (Å²) in [5.41, 5.74) is 9.24. The van der Waals surface area contributed by atoms with Crippen molar-refractivity contribution in [1.29, 1.82) is 0 Å². The highest BCUT2D eigenvalue weighted by molar-refractivity contribution is 6.30. The molecule has 3 nitrogen and oxygen atoms in total. The van der Waals surface area contributed by atoms with E-state index in [1.165, 1.54) is 5.56 Å². The molecule has 0 unspecified atom stereocenters. The standard InChI is InChI=1S/C17H22ClN3/c1-3-4-16-9-14(11-19)10-17(20-16)21(2)12-13-5-7-15(18)8-6-13/h5-10H,3-4,11-12,19H2,1-2H3. The zero-order valence-corrected chi connectivity index (χ0v) is 13.4. The highest BCUT2D eigenvalue weighted by atomic mass is 35.5. The van der Waals surface area contributed by atoms with E-state index in [4.69, 9.17) is 22.3 Å². The van der Waals surface area contributed by atoms with Crippen LogP contribution in [0.15, 0.2) is 36.4 Å². The number of pyridine rings is 1. The monoisotopic (exact) mass is 303 g/mol. The summed E-state index contributed by atoms with van der Waals surface area (Å²) in [6, 6.07) is 12.1. The van der Waals surface area contributed by atoms with Crippen LogP contribution in [0.3, 0.4) is 0 Å². The van der Waals surface area contributed by atoms with Crippen molar-refractivity contribution in [2.45, 2.75) is 32.9 Å². The zero-order chi connectivity index (χ0) is 15.2.